The van der Waals surface area contributed by atoms with Crippen LogP contribution in [0.1, 0.15) is 18.1 Å². The van der Waals surface area contributed by atoms with E-state index in [1.165, 1.54) is 36.5 Å². The molecule has 0 aliphatic carbocycles. The molecule has 0 saturated carbocycles. The third-order valence-electron chi connectivity index (χ3n) is 6.57. The lowest BCUT2D eigenvalue weighted by Crippen LogP contribution is -2.39. The van der Waals surface area contributed by atoms with Crippen LogP contribution < -0.4 is 28.7 Å². The van der Waals surface area contributed by atoms with E-state index in [0.717, 1.165) is 22.0 Å². The number of fused-ring (bicyclic) bond motifs is 1. The Labute approximate surface area is 275 Å². The number of nitrogens with zero attached hydrogens (tertiary/aromatic N) is 2. The largest absolute Gasteiger partial charge is 0.490 e. The van der Waals surface area contributed by atoms with Crippen LogP contribution in [-0.4, -0.2) is 46.9 Å². The molecule has 0 unspecified atom stereocenters. The second-order valence-corrected chi connectivity index (χ2v) is 12.5. The molecule has 0 spiro atoms. The van der Waals surface area contributed by atoms with Gasteiger partial charge in [0.15, 0.2) is 23.0 Å². The van der Waals surface area contributed by atoms with Gasteiger partial charge in [0.2, 0.25) is 0 Å². The molecule has 4 aromatic rings. The summed E-state index contributed by atoms with van der Waals surface area (Å²) in [5.74, 6) is 0.266. The Hall–Kier alpha value is -4.52. The number of nitrogens with one attached hydrogen (secondary N) is 1. The van der Waals surface area contributed by atoms with Gasteiger partial charge in [-0.2, -0.15) is 5.10 Å². The molecule has 1 heterocycles. The Kier molecular flexibility index (Phi) is 10.5. The SMILES string of the molecule is CCOc1cc(/C=N\NC(=O)CN(c2ccc(F)cc2)S(=O)(=O)c2ccc3c(c2)OCCO3)ccc1OCc1ccc(Cl)cc1Cl. The van der Waals surface area contributed by atoms with Crippen molar-refractivity contribution in [2.24, 2.45) is 5.10 Å². The predicted octanol–water partition coefficient (Wildman–Crippen LogP) is 6.23. The van der Waals surface area contributed by atoms with Crippen molar-refractivity contribution in [1.29, 1.82) is 0 Å². The molecule has 240 valence electrons. The van der Waals surface area contributed by atoms with Crippen LogP contribution >= 0.6 is 23.2 Å². The molecule has 1 amide bonds. The van der Waals surface area contributed by atoms with Gasteiger partial charge in [0.1, 0.15) is 32.2 Å². The zero-order valence-corrected chi connectivity index (χ0v) is 26.7. The van der Waals surface area contributed by atoms with Gasteiger partial charge in [0.25, 0.3) is 15.9 Å². The number of rotatable bonds is 12. The van der Waals surface area contributed by atoms with Gasteiger partial charge in [-0.05, 0) is 79.2 Å². The van der Waals surface area contributed by atoms with E-state index in [1.807, 2.05) is 6.92 Å². The van der Waals surface area contributed by atoms with Crippen LogP contribution in [-0.2, 0) is 21.4 Å². The lowest BCUT2D eigenvalue weighted by atomic mass is 10.2. The number of sulfonamides is 1. The molecule has 0 atom stereocenters. The van der Waals surface area contributed by atoms with E-state index in [2.05, 4.69) is 10.5 Å². The Morgan fingerprint density at radius 1 is 0.957 bits per heavy atom. The summed E-state index contributed by atoms with van der Waals surface area (Å²) in [4.78, 5) is 12.8. The van der Waals surface area contributed by atoms with Crippen LogP contribution in [0.15, 0.2) is 88.9 Å². The molecular formula is C32H28Cl2FN3O7S. The summed E-state index contributed by atoms with van der Waals surface area (Å²) in [6.07, 6.45) is 1.37. The van der Waals surface area contributed by atoms with E-state index in [0.29, 0.717) is 46.1 Å². The molecule has 46 heavy (non-hydrogen) atoms. The molecule has 0 saturated heterocycles. The molecule has 4 aromatic carbocycles. The second kappa shape index (κ2) is 14.7. The predicted molar refractivity (Wildman–Crippen MR) is 173 cm³/mol. The zero-order chi connectivity index (χ0) is 32.7. The van der Waals surface area contributed by atoms with Crippen molar-refractivity contribution in [3.05, 3.63) is 106 Å². The summed E-state index contributed by atoms with van der Waals surface area (Å²) < 4.78 is 64.6. The highest BCUT2D eigenvalue weighted by Crippen LogP contribution is 2.34. The summed E-state index contributed by atoms with van der Waals surface area (Å²) in [5, 5.41) is 4.98. The van der Waals surface area contributed by atoms with Gasteiger partial charge in [-0.3, -0.25) is 9.10 Å². The number of hydrazone groups is 1. The van der Waals surface area contributed by atoms with Crippen molar-refractivity contribution in [3.8, 4) is 23.0 Å². The highest BCUT2D eigenvalue weighted by atomic mass is 35.5. The third kappa shape index (κ3) is 8.00. The van der Waals surface area contributed by atoms with Crippen LogP contribution in [0.4, 0.5) is 10.1 Å². The maximum absolute atomic E-state index is 13.7. The second-order valence-electron chi connectivity index (χ2n) is 9.75. The van der Waals surface area contributed by atoms with Crippen molar-refractivity contribution in [2.75, 3.05) is 30.7 Å². The van der Waals surface area contributed by atoms with E-state index in [-0.39, 0.29) is 29.5 Å². The Morgan fingerprint density at radius 3 is 2.46 bits per heavy atom. The number of anilines is 1. The van der Waals surface area contributed by atoms with Gasteiger partial charge in [0.05, 0.1) is 23.4 Å². The fraction of sp³-hybridized carbons (Fsp3) is 0.188. The summed E-state index contributed by atoms with van der Waals surface area (Å²) in [6, 6.07) is 19.1. The quantitative estimate of drug-likeness (QED) is 0.139. The molecule has 0 fully saturated rings. The summed E-state index contributed by atoms with van der Waals surface area (Å²) >= 11 is 12.2. The Morgan fingerprint density at radius 2 is 1.72 bits per heavy atom. The first-order valence-corrected chi connectivity index (χ1v) is 16.2. The van der Waals surface area contributed by atoms with Crippen LogP contribution in [0.3, 0.4) is 0 Å². The fourth-order valence-electron chi connectivity index (χ4n) is 4.37. The lowest BCUT2D eigenvalue weighted by Gasteiger charge is -2.25. The molecule has 0 aromatic heterocycles. The summed E-state index contributed by atoms with van der Waals surface area (Å²) in [7, 11) is -4.30. The number of benzene rings is 4. The number of carbonyl (C=O) groups is 1. The summed E-state index contributed by atoms with van der Waals surface area (Å²) in [6.45, 7) is 2.33. The van der Waals surface area contributed by atoms with Crippen LogP contribution in [0.2, 0.25) is 10.0 Å². The third-order valence-corrected chi connectivity index (χ3v) is 8.93. The van der Waals surface area contributed by atoms with E-state index in [1.54, 1.807) is 36.4 Å². The van der Waals surface area contributed by atoms with Gasteiger partial charge < -0.3 is 18.9 Å². The minimum Gasteiger partial charge on any atom is -0.490 e. The number of halogens is 3. The molecule has 10 nitrogen and oxygen atoms in total. The fourth-order valence-corrected chi connectivity index (χ4v) is 6.27. The zero-order valence-electron chi connectivity index (χ0n) is 24.4. The Bertz CT molecular complexity index is 1860. The molecule has 0 radical (unpaired) electrons. The van der Waals surface area contributed by atoms with Gasteiger partial charge in [0, 0.05) is 21.7 Å². The maximum atomic E-state index is 13.7. The number of carbonyl (C=O) groups excluding carboxylic acids is 1. The van der Waals surface area contributed by atoms with Gasteiger partial charge in [-0.25, -0.2) is 18.2 Å². The van der Waals surface area contributed by atoms with Gasteiger partial charge >= 0.3 is 0 Å². The minimum absolute atomic E-state index is 0.0762. The average Bonchev–Trinajstić information content (AvgIpc) is 3.04. The Balaban J connectivity index is 1.29. The smallest absolute Gasteiger partial charge is 0.264 e. The molecule has 5 rings (SSSR count). The highest BCUT2D eigenvalue weighted by molar-refractivity contribution is 7.92. The maximum Gasteiger partial charge on any atom is 0.264 e. The average molecular weight is 689 g/mol. The first kappa shape index (κ1) is 32.9. The normalized spacial score (nSPS) is 12.5. The summed E-state index contributed by atoms with van der Waals surface area (Å²) in [5.41, 5.74) is 3.74. The van der Waals surface area contributed by atoms with E-state index in [9.17, 15) is 17.6 Å². The molecule has 1 N–H and O–H groups in total. The van der Waals surface area contributed by atoms with Crippen LogP contribution in [0.25, 0.3) is 0 Å². The first-order valence-electron chi connectivity index (χ1n) is 14.0. The van der Waals surface area contributed by atoms with Gasteiger partial charge in [-0.1, -0.05) is 29.3 Å². The number of hydrogen-bond acceptors (Lipinski definition) is 8. The number of ether oxygens (including phenoxy) is 4. The van der Waals surface area contributed by atoms with Gasteiger partial charge in [-0.15, -0.1) is 0 Å². The van der Waals surface area contributed by atoms with Crippen molar-refractivity contribution < 1.29 is 36.6 Å². The van der Waals surface area contributed by atoms with Crippen molar-refractivity contribution >= 4 is 51.0 Å². The van der Waals surface area contributed by atoms with Crippen molar-refractivity contribution in [1.82, 2.24) is 5.43 Å². The van der Waals surface area contributed by atoms with E-state index >= 15 is 0 Å². The molecule has 14 heteroatoms. The standard InChI is InChI=1S/C32H28Cl2FN3O7S/c1-2-42-30-15-21(3-11-29(30)45-20-22-4-5-23(33)16-27(22)34)18-36-37-32(39)19-38(25-8-6-24(35)7-9-25)46(40,41)26-10-12-28-31(17-26)44-14-13-43-28/h3-12,15-18H,2,13-14,19-20H2,1H3,(H,37,39)/b36-18-. The van der Waals surface area contributed by atoms with Crippen LogP contribution in [0.5, 0.6) is 23.0 Å². The monoisotopic (exact) mass is 687 g/mol. The molecule has 0 bridgehead atoms. The topological polar surface area (TPSA) is 116 Å². The van der Waals surface area contributed by atoms with Crippen LogP contribution in [0, 0.1) is 5.82 Å². The van der Waals surface area contributed by atoms with Crippen molar-refractivity contribution in [2.45, 2.75) is 18.4 Å². The van der Waals surface area contributed by atoms with E-state index < -0.39 is 28.3 Å². The lowest BCUT2D eigenvalue weighted by molar-refractivity contribution is -0.119. The number of amides is 1. The molecule has 1 aliphatic heterocycles. The number of hydrogen-bond donors (Lipinski definition) is 1. The molecule has 1 aliphatic rings. The van der Waals surface area contributed by atoms with Crippen molar-refractivity contribution in [3.63, 3.8) is 0 Å². The minimum atomic E-state index is -4.30. The highest BCUT2D eigenvalue weighted by Gasteiger charge is 2.29. The first-order chi connectivity index (χ1) is 22.1. The van der Waals surface area contributed by atoms with E-state index in [4.69, 9.17) is 42.1 Å². The molecular weight excluding hydrogens is 660 g/mol.